The van der Waals surface area contributed by atoms with Crippen LogP contribution in [-0.2, 0) is 33.5 Å². The number of ether oxygens (including phenoxy) is 4. The van der Waals surface area contributed by atoms with Crippen molar-refractivity contribution in [2.45, 2.75) is 45.1 Å². The van der Waals surface area contributed by atoms with E-state index < -0.39 is 35.7 Å². The van der Waals surface area contributed by atoms with Crippen molar-refractivity contribution >= 4 is 35.3 Å². The quantitative estimate of drug-likeness (QED) is 0.146. The molecule has 0 aliphatic rings. The standard InChI is InChI=1S/C32H34Cl2F3NO7/c1-2-43-29(30(39)40)19-22-9-11-26(12-10-22)44-16-14-38(31(41)45-28-8-4-3-7-27(28)32(35,36)37)13-5-6-15-42-21-23-17-24(33)20-25(34)18-23/h3-4,7-12,17-18,20,29H,2,5-6,13-16,19,21H2,1H3,(H,39,40). The molecule has 0 fully saturated rings. The molecule has 0 radical (unpaired) electrons. The molecule has 0 saturated carbocycles. The number of hydrogen-bond acceptors (Lipinski definition) is 6. The zero-order valence-electron chi connectivity index (χ0n) is 24.5. The van der Waals surface area contributed by atoms with E-state index in [9.17, 15) is 27.9 Å². The maximum atomic E-state index is 13.5. The summed E-state index contributed by atoms with van der Waals surface area (Å²) in [5, 5.41) is 10.3. The van der Waals surface area contributed by atoms with Crippen LogP contribution in [0.5, 0.6) is 11.5 Å². The molecule has 3 rings (SSSR count). The van der Waals surface area contributed by atoms with E-state index in [0.29, 0.717) is 35.2 Å². The molecule has 0 saturated heterocycles. The molecule has 0 aliphatic carbocycles. The van der Waals surface area contributed by atoms with Crippen molar-refractivity contribution in [3.8, 4) is 11.5 Å². The Morgan fingerprint density at radius 1 is 0.911 bits per heavy atom. The highest BCUT2D eigenvalue weighted by Crippen LogP contribution is 2.36. The Bertz CT molecular complexity index is 1370. The molecule has 1 atom stereocenters. The highest BCUT2D eigenvalue weighted by atomic mass is 35.5. The zero-order chi connectivity index (χ0) is 32.8. The monoisotopic (exact) mass is 671 g/mol. The minimum atomic E-state index is -4.70. The minimum absolute atomic E-state index is 0.0259. The molecule has 1 N–H and O–H groups in total. The normalized spacial score (nSPS) is 12.0. The molecule has 0 spiro atoms. The molecule has 1 unspecified atom stereocenters. The van der Waals surface area contributed by atoms with Crippen molar-refractivity contribution < 1.29 is 46.8 Å². The van der Waals surface area contributed by atoms with E-state index in [1.807, 2.05) is 0 Å². The lowest BCUT2D eigenvalue weighted by molar-refractivity contribution is -0.150. The molecule has 3 aromatic rings. The largest absolute Gasteiger partial charge is 0.492 e. The van der Waals surface area contributed by atoms with E-state index in [2.05, 4.69) is 0 Å². The van der Waals surface area contributed by atoms with Gasteiger partial charge >= 0.3 is 18.2 Å². The minimum Gasteiger partial charge on any atom is -0.492 e. The van der Waals surface area contributed by atoms with Crippen LogP contribution in [-0.4, -0.2) is 61.1 Å². The van der Waals surface area contributed by atoms with Gasteiger partial charge in [-0.3, -0.25) is 0 Å². The first kappa shape index (κ1) is 36.0. The number of unbranched alkanes of at least 4 members (excludes halogenated alkanes) is 1. The summed E-state index contributed by atoms with van der Waals surface area (Å²) in [7, 11) is 0. The molecule has 0 aliphatic heterocycles. The predicted molar refractivity (Wildman–Crippen MR) is 163 cm³/mol. The summed E-state index contributed by atoms with van der Waals surface area (Å²) in [6.45, 7) is 2.86. The number of rotatable bonds is 17. The van der Waals surface area contributed by atoms with Gasteiger partial charge in [0.05, 0.1) is 18.7 Å². The Morgan fingerprint density at radius 2 is 1.60 bits per heavy atom. The van der Waals surface area contributed by atoms with Gasteiger partial charge < -0.3 is 29.0 Å². The smallest absolute Gasteiger partial charge is 0.419 e. The number of benzene rings is 3. The number of halogens is 5. The Balaban J connectivity index is 1.57. The lowest BCUT2D eigenvalue weighted by atomic mass is 10.1. The number of carbonyl (C=O) groups excluding carboxylic acids is 1. The number of carbonyl (C=O) groups is 2. The average molecular weight is 673 g/mol. The van der Waals surface area contributed by atoms with Gasteiger partial charge in [-0.05, 0) is 73.4 Å². The highest BCUT2D eigenvalue weighted by Gasteiger charge is 2.35. The maximum absolute atomic E-state index is 13.5. The first-order chi connectivity index (χ1) is 21.5. The van der Waals surface area contributed by atoms with Gasteiger partial charge in [0.1, 0.15) is 18.1 Å². The van der Waals surface area contributed by atoms with Crippen LogP contribution in [0.1, 0.15) is 36.5 Å². The van der Waals surface area contributed by atoms with Gasteiger partial charge in [-0.15, -0.1) is 0 Å². The first-order valence-electron chi connectivity index (χ1n) is 14.2. The summed E-state index contributed by atoms with van der Waals surface area (Å²) >= 11 is 12.0. The van der Waals surface area contributed by atoms with Crippen LogP contribution in [0.4, 0.5) is 18.0 Å². The third-order valence-electron chi connectivity index (χ3n) is 6.42. The molecule has 0 bridgehead atoms. The Labute approximate surface area is 269 Å². The molecule has 1 amide bonds. The fourth-order valence-electron chi connectivity index (χ4n) is 4.26. The average Bonchev–Trinajstić information content (AvgIpc) is 2.97. The molecule has 3 aromatic carbocycles. The van der Waals surface area contributed by atoms with Gasteiger partial charge in [0.25, 0.3) is 0 Å². The van der Waals surface area contributed by atoms with Gasteiger partial charge in [-0.25, -0.2) is 9.59 Å². The second kappa shape index (κ2) is 17.8. The number of nitrogens with zero attached hydrogens (tertiary/aromatic N) is 1. The summed E-state index contributed by atoms with van der Waals surface area (Å²) < 4.78 is 62.3. The van der Waals surface area contributed by atoms with Crippen molar-refractivity contribution in [1.82, 2.24) is 4.90 Å². The van der Waals surface area contributed by atoms with Gasteiger partial charge in [0, 0.05) is 36.2 Å². The van der Waals surface area contributed by atoms with Crippen molar-refractivity contribution in [1.29, 1.82) is 0 Å². The van der Waals surface area contributed by atoms with Gasteiger partial charge in [-0.1, -0.05) is 47.5 Å². The number of aliphatic carboxylic acids is 1. The number of alkyl halides is 3. The van der Waals surface area contributed by atoms with E-state index in [-0.39, 0.29) is 39.3 Å². The Hall–Kier alpha value is -3.51. The molecular formula is C32H34Cl2F3NO7. The lowest BCUT2D eigenvalue weighted by Crippen LogP contribution is -2.38. The molecule has 0 heterocycles. The fraction of sp³-hybridized carbons (Fsp3) is 0.375. The lowest BCUT2D eigenvalue weighted by Gasteiger charge is -2.23. The van der Waals surface area contributed by atoms with Gasteiger partial charge in [0.2, 0.25) is 0 Å². The van der Waals surface area contributed by atoms with E-state index in [0.717, 1.165) is 23.3 Å². The van der Waals surface area contributed by atoms with Crippen LogP contribution in [0.3, 0.4) is 0 Å². The number of carboxylic acid groups (broad SMARTS) is 1. The summed E-state index contributed by atoms with van der Waals surface area (Å²) in [5.74, 6) is -1.18. The van der Waals surface area contributed by atoms with Crippen molar-refractivity contribution in [3.63, 3.8) is 0 Å². The highest BCUT2D eigenvalue weighted by molar-refractivity contribution is 6.34. The molecular weight excluding hydrogens is 638 g/mol. The Morgan fingerprint density at radius 3 is 2.24 bits per heavy atom. The number of para-hydroxylation sites is 1. The number of amides is 1. The van der Waals surface area contributed by atoms with Crippen LogP contribution >= 0.6 is 23.2 Å². The molecule has 8 nitrogen and oxygen atoms in total. The number of hydrogen-bond donors (Lipinski definition) is 1. The van der Waals surface area contributed by atoms with Crippen LogP contribution in [0.15, 0.2) is 66.7 Å². The van der Waals surface area contributed by atoms with Crippen molar-refractivity contribution in [3.05, 3.63) is 93.5 Å². The zero-order valence-corrected chi connectivity index (χ0v) is 26.0. The number of carboxylic acids is 1. The van der Waals surface area contributed by atoms with E-state index in [1.54, 1.807) is 49.4 Å². The third-order valence-corrected chi connectivity index (χ3v) is 6.86. The molecule has 13 heteroatoms. The van der Waals surface area contributed by atoms with Gasteiger partial charge in [0.15, 0.2) is 6.10 Å². The third kappa shape index (κ3) is 12.4. The van der Waals surface area contributed by atoms with Crippen LogP contribution < -0.4 is 9.47 Å². The second-order valence-corrected chi connectivity index (χ2v) is 10.7. The first-order valence-corrected chi connectivity index (χ1v) is 14.9. The summed E-state index contributed by atoms with van der Waals surface area (Å²) in [6.07, 6.45) is -5.40. The van der Waals surface area contributed by atoms with Crippen molar-refractivity contribution in [2.24, 2.45) is 0 Å². The second-order valence-electron chi connectivity index (χ2n) is 9.87. The van der Waals surface area contributed by atoms with E-state index in [4.69, 9.17) is 42.1 Å². The van der Waals surface area contributed by atoms with Crippen LogP contribution in [0, 0.1) is 0 Å². The maximum Gasteiger partial charge on any atom is 0.419 e. The van der Waals surface area contributed by atoms with Crippen molar-refractivity contribution in [2.75, 3.05) is 32.9 Å². The Kier molecular flexibility index (Phi) is 14.3. The topological polar surface area (TPSA) is 94.5 Å². The molecule has 0 aromatic heterocycles. The summed E-state index contributed by atoms with van der Waals surface area (Å²) in [5.41, 5.74) is 0.484. The van der Waals surface area contributed by atoms with Crippen LogP contribution in [0.25, 0.3) is 0 Å². The summed E-state index contributed by atoms with van der Waals surface area (Å²) in [6, 6.07) is 16.3. The molecule has 45 heavy (non-hydrogen) atoms. The van der Waals surface area contributed by atoms with Gasteiger partial charge in [-0.2, -0.15) is 13.2 Å². The van der Waals surface area contributed by atoms with Crippen LogP contribution in [0.2, 0.25) is 10.0 Å². The molecule has 244 valence electrons. The predicted octanol–water partition coefficient (Wildman–Crippen LogP) is 7.92. The fourth-order valence-corrected chi connectivity index (χ4v) is 4.83. The summed E-state index contributed by atoms with van der Waals surface area (Å²) in [4.78, 5) is 25.6. The van der Waals surface area contributed by atoms with E-state index in [1.165, 1.54) is 17.0 Å². The SMILES string of the molecule is CCOC(Cc1ccc(OCCN(CCCCOCc2cc(Cl)cc(Cl)c2)C(=O)Oc2ccccc2C(F)(F)F)cc1)C(=O)O. The van der Waals surface area contributed by atoms with E-state index >= 15 is 0 Å².